The molecule has 3 aliphatic carbocycles. The first-order chi connectivity index (χ1) is 32.2. The van der Waals surface area contributed by atoms with E-state index in [1.54, 1.807) is 0 Å². The quantitative estimate of drug-likeness (QED) is 0.166. The molecule has 66 heavy (non-hydrogen) atoms. The predicted molar refractivity (Wildman–Crippen MR) is 280 cm³/mol. The first-order valence-electron chi connectivity index (χ1n) is 23.5. The molecule has 3 aliphatic rings. The van der Waals surface area contributed by atoms with Crippen molar-refractivity contribution in [2.45, 2.75) is 38.5 Å². The van der Waals surface area contributed by atoms with Crippen molar-refractivity contribution in [3.63, 3.8) is 0 Å². The molecule has 0 heteroatoms. The first kappa shape index (κ1) is 37.6. The number of fused-ring (bicyclic) bond motifs is 11. The zero-order chi connectivity index (χ0) is 44.1. The fourth-order valence-electron chi connectivity index (χ4n) is 12.2. The van der Waals surface area contributed by atoms with Gasteiger partial charge in [0.2, 0.25) is 0 Å². The second kappa shape index (κ2) is 13.4. The van der Waals surface area contributed by atoms with Crippen LogP contribution in [0.25, 0.3) is 121 Å². The lowest BCUT2D eigenvalue weighted by molar-refractivity contribution is 0.659. The van der Waals surface area contributed by atoms with Gasteiger partial charge in [-0.05, 0) is 186 Å². The second-order valence-electron chi connectivity index (χ2n) is 20.1. The molecule has 0 saturated heterocycles. The van der Waals surface area contributed by atoms with E-state index in [1.807, 2.05) is 0 Å². The van der Waals surface area contributed by atoms with Gasteiger partial charge in [-0.1, -0.05) is 191 Å². The molecule has 0 heterocycles. The third kappa shape index (κ3) is 5.27. The van der Waals surface area contributed by atoms with E-state index in [0.29, 0.717) is 0 Å². The maximum Gasteiger partial charge on any atom is 0.0159 e. The van der Waals surface area contributed by atoms with Crippen LogP contribution in [-0.4, -0.2) is 0 Å². The van der Waals surface area contributed by atoms with Crippen molar-refractivity contribution in [3.05, 3.63) is 229 Å². The van der Waals surface area contributed by atoms with Crippen LogP contribution in [0.5, 0.6) is 0 Å². The van der Waals surface area contributed by atoms with Gasteiger partial charge in [-0.25, -0.2) is 0 Å². The molecule has 0 spiro atoms. The van der Waals surface area contributed by atoms with Crippen molar-refractivity contribution in [1.29, 1.82) is 0 Å². The highest BCUT2D eigenvalue weighted by Crippen LogP contribution is 2.53. The maximum atomic E-state index is 2.46. The molecule has 0 bridgehead atoms. The summed E-state index contributed by atoms with van der Waals surface area (Å²) in [7, 11) is 0. The van der Waals surface area contributed by atoms with Crippen LogP contribution >= 0.6 is 0 Å². The van der Waals surface area contributed by atoms with Gasteiger partial charge < -0.3 is 0 Å². The summed E-state index contributed by atoms with van der Waals surface area (Å²) in [6, 6.07) is 78.3. The summed E-state index contributed by atoms with van der Waals surface area (Å²) in [4.78, 5) is 0. The van der Waals surface area contributed by atoms with Crippen LogP contribution < -0.4 is 0 Å². The topological polar surface area (TPSA) is 0 Å². The normalized spacial score (nSPS) is 14.3. The molecule has 11 aromatic carbocycles. The molecule has 0 amide bonds. The van der Waals surface area contributed by atoms with Gasteiger partial charge in [-0.3, -0.25) is 0 Å². The molecule has 0 unspecified atom stereocenters. The summed E-state index contributed by atoms with van der Waals surface area (Å²) < 4.78 is 0. The van der Waals surface area contributed by atoms with Crippen LogP contribution in [0.4, 0.5) is 0 Å². The van der Waals surface area contributed by atoms with Crippen LogP contribution in [0.2, 0.25) is 0 Å². The molecular weight excluding hydrogens is 793 g/mol. The van der Waals surface area contributed by atoms with E-state index in [4.69, 9.17) is 0 Å². The van der Waals surface area contributed by atoms with Crippen molar-refractivity contribution in [2.75, 3.05) is 0 Å². The number of hydrogen-bond donors (Lipinski definition) is 0. The molecule has 14 rings (SSSR count). The van der Waals surface area contributed by atoms with E-state index in [9.17, 15) is 0 Å². The molecule has 0 atom stereocenters. The minimum Gasteiger partial charge on any atom is -0.0619 e. The Morgan fingerprint density at radius 3 is 1.17 bits per heavy atom. The van der Waals surface area contributed by atoms with Gasteiger partial charge >= 0.3 is 0 Å². The SMILES string of the molecule is CC1(C)c2ccccc2-c2ccc(-c3ccc4c(c3)C(C)(C)c3cc(-c5ccc6cc(-c7ccc8ccc(-c9ccc%10c%11c(cccc9%11)-c9ccccc9-%10)cc8c7)ccc6c5)ccc3-4)cc21. The largest absolute Gasteiger partial charge is 0.0619 e. The van der Waals surface area contributed by atoms with E-state index in [2.05, 4.69) is 234 Å². The third-order valence-corrected chi connectivity index (χ3v) is 15.8. The van der Waals surface area contributed by atoms with Gasteiger partial charge in [0.05, 0.1) is 0 Å². The number of rotatable bonds is 4. The first-order valence-corrected chi connectivity index (χ1v) is 23.5. The van der Waals surface area contributed by atoms with Crippen molar-refractivity contribution in [2.24, 2.45) is 0 Å². The minimum absolute atomic E-state index is 0.0205. The molecule has 0 aromatic heterocycles. The van der Waals surface area contributed by atoms with E-state index >= 15 is 0 Å². The number of hydrogen-bond acceptors (Lipinski definition) is 0. The summed E-state index contributed by atoms with van der Waals surface area (Å²) in [6.07, 6.45) is 0. The van der Waals surface area contributed by atoms with Gasteiger partial charge in [0.1, 0.15) is 0 Å². The maximum absolute atomic E-state index is 2.46. The van der Waals surface area contributed by atoms with Crippen molar-refractivity contribution in [1.82, 2.24) is 0 Å². The molecule has 0 radical (unpaired) electrons. The van der Waals surface area contributed by atoms with Gasteiger partial charge in [0, 0.05) is 10.8 Å². The van der Waals surface area contributed by atoms with Gasteiger partial charge in [0.25, 0.3) is 0 Å². The Bertz CT molecular complexity index is 3900. The lowest BCUT2D eigenvalue weighted by Crippen LogP contribution is -2.15. The van der Waals surface area contributed by atoms with Gasteiger partial charge in [-0.15, -0.1) is 0 Å². The Balaban J connectivity index is 0.759. The zero-order valence-electron chi connectivity index (χ0n) is 37.6. The minimum atomic E-state index is -0.128. The molecule has 310 valence electrons. The molecule has 11 aromatic rings. The van der Waals surface area contributed by atoms with Crippen molar-refractivity contribution < 1.29 is 0 Å². The highest BCUT2D eigenvalue weighted by molar-refractivity contribution is 6.19. The van der Waals surface area contributed by atoms with Crippen LogP contribution in [0.15, 0.2) is 206 Å². The summed E-state index contributed by atoms with van der Waals surface area (Å²) in [5.74, 6) is 0. The summed E-state index contributed by atoms with van der Waals surface area (Å²) in [5, 5.41) is 7.69. The van der Waals surface area contributed by atoms with Crippen LogP contribution in [0.3, 0.4) is 0 Å². The summed E-state index contributed by atoms with van der Waals surface area (Å²) in [5.41, 5.74) is 26.3. The monoisotopic (exact) mass is 838 g/mol. The Kier molecular flexibility index (Phi) is 7.61. The zero-order valence-corrected chi connectivity index (χ0v) is 37.6. The highest BCUT2D eigenvalue weighted by atomic mass is 14.4. The van der Waals surface area contributed by atoms with Crippen molar-refractivity contribution >= 4 is 32.3 Å². The Morgan fingerprint density at radius 2 is 0.591 bits per heavy atom. The standard InChI is InChI=1S/C66H46/c1-65(2)60-15-8-7-12-53(60)54-27-25-46(37-61(54)65)47-26-29-56-55-28-24-45(36-62(55)66(3,4)63(56)38-47)43-22-21-40-32-42(20-19-41(40)33-43)44-18-16-39-17-23-48(35-49(39)34-44)50-30-31-59-52-11-6-5-10-51(52)58-14-9-13-57(50)64(58)59/h5-38H,1-4H3. The average molecular weight is 839 g/mol. The van der Waals surface area contributed by atoms with E-state index in [0.717, 1.165) is 0 Å². The molecular formula is C66H46. The Hall–Kier alpha value is -7.80. The van der Waals surface area contributed by atoms with Crippen LogP contribution in [0.1, 0.15) is 49.9 Å². The lowest BCUT2D eigenvalue weighted by Gasteiger charge is -2.23. The summed E-state index contributed by atoms with van der Waals surface area (Å²) >= 11 is 0. The number of benzene rings is 11. The van der Waals surface area contributed by atoms with Crippen LogP contribution in [-0.2, 0) is 10.8 Å². The Labute approximate surface area is 386 Å². The molecule has 0 saturated carbocycles. The fourth-order valence-corrected chi connectivity index (χ4v) is 12.2. The van der Waals surface area contributed by atoms with E-state index in [1.165, 1.54) is 144 Å². The summed E-state index contributed by atoms with van der Waals surface area (Å²) in [6.45, 7) is 9.53. The third-order valence-electron chi connectivity index (χ3n) is 15.8. The Morgan fingerprint density at radius 1 is 0.227 bits per heavy atom. The van der Waals surface area contributed by atoms with Gasteiger partial charge in [0.15, 0.2) is 0 Å². The average Bonchev–Trinajstić information content (AvgIpc) is 3.90. The fraction of sp³-hybridized carbons (Fsp3) is 0.0909. The van der Waals surface area contributed by atoms with Crippen LogP contribution in [0, 0.1) is 0 Å². The molecule has 0 N–H and O–H groups in total. The smallest absolute Gasteiger partial charge is 0.0159 e. The molecule has 0 aliphatic heterocycles. The van der Waals surface area contributed by atoms with Crippen molar-refractivity contribution in [3.8, 4) is 89.0 Å². The predicted octanol–water partition coefficient (Wildman–Crippen LogP) is 18.1. The van der Waals surface area contributed by atoms with Gasteiger partial charge in [-0.2, -0.15) is 0 Å². The van der Waals surface area contributed by atoms with E-state index < -0.39 is 0 Å². The lowest BCUT2D eigenvalue weighted by atomic mass is 9.80. The van der Waals surface area contributed by atoms with E-state index in [-0.39, 0.29) is 10.8 Å². The highest BCUT2D eigenvalue weighted by Gasteiger charge is 2.37. The second-order valence-corrected chi connectivity index (χ2v) is 20.1. The molecule has 0 fully saturated rings. The molecule has 0 nitrogen and oxygen atoms in total.